The summed E-state index contributed by atoms with van der Waals surface area (Å²) < 4.78 is 18.3. The number of nitrogens with one attached hydrogen (secondary N) is 1. The third-order valence-corrected chi connectivity index (χ3v) is 2.30. The number of halogens is 1. The van der Waals surface area contributed by atoms with Gasteiger partial charge in [-0.1, -0.05) is 6.92 Å². The van der Waals surface area contributed by atoms with Crippen LogP contribution in [0.1, 0.15) is 17.3 Å². The highest BCUT2D eigenvalue weighted by Crippen LogP contribution is 2.11. The molecule has 0 aliphatic heterocycles. The lowest BCUT2D eigenvalue weighted by Gasteiger charge is -2.11. The van der Waals surface area contributed by atoms with Crippen LogP contribution in [-0.2, 0) is 4.74 Å². The summed E-state index contributed by atoms with van der Waals surface area (Å²) in [7, 11) is 1.60. The van der Waals surface area contributed by atoms with E-state index in [2.05, 4.69) is 5.32 Å². The minimum Gasteiger partial charge on any atom is -0.399 e. The summed E-state index contributed by atoms with van der Waals surface area (Å²) in [4.78, 5) is 11.7. The van der Waals surface area contributed by atoms with E-state index in [9.17, 15) is 9.18 Å². The van der Waals surface area contributed by atoms with E-state index in [0.29, 0.717) is 18.8 Å². The van der Waals surface area contributed by atoms with Gasteiger partial charge < -0.3 is 15.8 Å². The Hall–Kier alpha value is -1.62. The van der Waals surface area contributed by atoms with Gasteiger partial charge in [-0.15, -0.1) is 0 Å². The molecule has 17 heavy (non-hydrogen) atoms. The molecule has 0 heterocycles. The average Bonchev–Trinajstić information content (AvgIpc) is 2.26. The zero-order valence-electron chi connectivity index (χ0n) is 10.00. The molecule has 5 heteroatoms. The van der Waals surface area contributed by atoms with E-state index in [1.54, 1.807) is 7.11 Å². The average molecular weight is 240 g/mol. The topological polar surface area (TPSA) is 64.3 Å². The molecule has 0 fully saturated rings. The minimum absolute atomic E-state index is 0.00353. The van der Waals surface area contributed by atoms with Gasteiger partial charge in [0.1, 0.15) is 5.82 Å². The number of ether oxygens (including phenoxy) is 1. The standard InChI is InChI=1S/C12H17FN2O2/c1-8(7-17-2)6-15-12(16)10-4-3-9(14)5-11(10)13/h3-5,8H,6-7,14H2,1-2H3,(H,15,16). The second-order valence-corrected chi connectivity index (χ2v) is 4.01. The zero-order chi connectivity index (χ0) is 12.8. The number of hydrogen-bond donors (Lipinski definition) is 2. The van der Waals surface area contributed by atoms with E-state index in [1.807, 2.05) is 6.92 Å². The number of carbonyl (C=O) groups excluding carboxylic acids is 1. The van der Waals surface area contributed by atoms with E-state index in [0.717, 1.165) is 6.07 Å². The Morgan fingerprint density at radius 2 is 2.29 bits per heavy atom. The molecule has 1 amide bonds. The molecule has 1 atom stereocenters. The first-order chi connectivity index (χ1) is 8.04. The molecule has 0 saturated carbocycles. The second-order valence-electron chi connectivity index (χ2n) is 4.01. The Labute approximate surface area is 100.0 Å². The van der Waals surface area contributed by atoms with Crippen LogP contribution in [0.5, 0.6) is 0 Å². The lowest BCUT2D eigenvalue weighted by Crippen LogP contribution is -2.30. The van der Waals surface area contributed by atoms with E-state index < -0.39 is 11.7 Å². The van der Waals surface area contributed by atoms with Gasteiger partial charge >= 0.3 is 0 Å². The number of benzene rings is 1. The van der Waals surface area contributed by atoms with Crippen molar-refractivity contribution in [2.24, 2.45) is 5.92 Å². The molecule has 1 aromatic carbocycles. The number of nitrogen functional groups attached to an aromatic ring is 1. The quantitative estimate of drug-likeness (QED) is 0.765. The third kappa shape index (κ3) is 4.03. The highest BCUT2D eigenvalue weighted by atomic mass is 19.1. The maximum Gasteiger partial charge on any atom is 0.254 e. The van der Waals surface area contributed by atoms with Crippen LogP contribution in [0.25, 0.3) is 0 Å². The Kier molecular flexibility index (Phi) is 4.90. The molecule has 0 aromatic heterocycles. The van der Waals surface area contributed by atoms with Gasteiger partial charge in [0.15, 0.2) is 0 Å². The molecule has 4 nitrogen and oxygen atoms in total. The maximum absolute atomic E-state index is 13.4. The number of methoxy groups -OCH3 is 1. The van der Waals surface area contributed by atoms with Gasteiger partial charge in [-0.3, -0.25) is 4.79 Å². The van der Waals surface area contributed by atoms with Crippen molar-refractivity contribution in [2.75, 3.05) is 26.0 Å². The van der Waals surface area contributed by atoms with Crippen molar-refractivity contribution in [1.82, 2.24) is 5.32 Å². The van der Waals surface area contributed by atoms with Crippen molar-refractivity contribution in [1.29, 1.82) is 0 Å². The normalized spacial score (nSPS) is 12.2. The summed E-state index contributed by atoms with van der Waals surface area (Å²) in [5.41, 5.74) is 5.70. The van der Waals surface area contributed by atoms with Crippen LogP contribution in [0, 0.1) is 11.7 Å². The van der Waals surface area contributed by atoms with Crippen molar-refractivity contribution >= 4 is 11.6 Å². The van der Waals surface area contributed by atoms with Crippen molar-refractivity contribution in [2.45, 2.75) is 6.92 Å². The first-order valence-corrected chi connectivity index (χ1v) is 5.36. The van der Waals surface area contributed by atoms with Crippen LogP contribution in [0.15, 0.2) is 18.2 Å². The van der Waals surface area contributed by atoms with Crippen molar-refractivity contribution < 1.29 is 13.9 Å². The van der Waals surface area contributed by atoms with Crippen molar-refractivity contribution in [3.05, 3.63) is 29.6 Å². The molecule has 3 N–H and O–H groups in total. The van der Waals surface area contributed by atoms with Gasteiger partial charge in [-0.2, -0.15) is 0 Å². The molecular weight excluding hydrogens is 223 g/mol. The highest BCUT2D eigenvalue weighted by molar-refractivity contribution is 5.94. The van der Waals surface area contributed by atoms with Crippen molar-refractivity contribution in [3.8, 4) is 0 Å². The molecule has 1 aromatic rings. The molecular formula is C12H17FN2O2. The molecule has 0 spiro atoms. The van der Waals surface area contributed by atoms with Gasteiger partial charge in [0.2, 0.25) is 0 Å². The number of nitrogens with two attached hydrogens (primary N) is 1. The van der Waals surface area contributed by atoms with E-state index in [1.165, 1.54) is 12.1 Å². The Morgan fingerprint density at radius 1 is 1.59 bits per heavy atom. The predicted octanol–water partition coefficient (Wildman–Crippen LogP) is 1.42. The summed E-state index contributed by atoms with van der Waals surface area (Å²) in [5, 5.41) is 2.64. The summed E-state index contributed by atoms with van der Waals surface area (Å²) in [5.74, 6) is -0.867. The molecule has 0 aliphatic rings. The first kappa shape index (κ1) is 13.4. The molecule has 0 saturated heterocycles. The van der Waals surface area contributed by atoms with Crippen LogP contribution in [0.4, 0.5) is 10.1 Å². The lowest BCUT2D eigenvalue weighted by molar-refractivity contribution is 0.0930. The first-order valence-electron chi connectivity index (χ1n) is 5.36. The number of anilines is 1. The summed E-state index contributed by atoms with van der Waals surface area (Å²) in [6.45, 7) is 2.92. The summed E-state index contributed by atoms with van der Waals surface area (Å²) in [6.07, 6.45) is 0. The van der Waals surface area contributed by atoms with E-state index >= 15 is 0 Å². The van der Waals surface area contributed by atoms with Crippen LogP contribution in [0.3, 0.4) is 0 Å². The number of carbonyl (C=O) groups is 1. The van der Waals surface area contributed by atoms with Crippen LogP contribution < -0.4 is 11.1 Å². The van der Waals surface area contributed by atoms with Gasteiger partial charge in [0, 0.05) is 19.3 Å². The van der Waals surface area contributed by atoms with Crippen LogP contribution in [0.2, 0.25) is 0 Å². The Bertz CT molecular complexity index is 396. The fourth-order valence-corrected chi connectivity index (χ4v) is 1.42. The minimum atomic E-state index is -0.609. The summed E-state index contributed by atoms with van der Waals surface area (Å²) >= 11 is 0. The number of hydrogen-bond acceptors (Lipinski definition) is 3. The molecule has 0 radical (unpaired) electrons. The SMILES string of the molecule is COCC(C)CNC(=O)c1ccc(N)cc1F. The Balaban J connectivity index is 2.58. The molecule has 1 unspecified atom stereocenters. The van der Waals surface area contributed by atoms with Crippen molar-refractivity contribution in [3.63, 3.8) is 0 Å². The monoisotopic (exact) mass is 240 g/mol. The fraction of sp³-hybridized carbons (Fsp3) is 0.417. The Morgan fingerprint density at radius 3 is 2.88 bits per heavy atom. The second kappa shape index (κ2) is 6.20. The van der Waals surface area contributed by atoms with Crippen LogP contribution >= 0.6 is 0 Å². The van der Waals surface area contributed by atoms with Gasteiger partial charge in [-0.25, -0.2) is 4.39 Å². The number of rotatable bonds is 5. The molecule has 0 aliphatic carbocycles. The molecule has 0 bridgehead atoms. The highest BCUT2D eigenvalue weighted by Gasteiger charge is 2.12. The van der Waals surface area contributed by atoms with Gasteiger partial charge in [-0.05, 0) is 24.1 Å². The van der Waals surface area contributed by atoms with Gasteiger partial charge in [0.05, 0.1) is 12.2 Å². The number of amides is 1. The smallest absolute Gasteiger partial charge is 0.254 e. The largest absolute Gasteiger partial charge is 0.399 e. The van der Waals surface area contributed by atoms with E-state index in [-0.39, 0.29) is 11.5 Å². The maximum atomic E-state index is 13.4. The zero-order valence-corrected chi connectivity index (χ0v) is 10.00. The molecule has 1 rings (SSSR count). The molecule has 94 valence electrons. The third-order valence-electron chi connectivity index (χ3n) is 2.30. The van der Waals surface area contributed by atoms with Gasteiger partial charge in [0.25, 0.3) is 5.91 Å². The fourth-order valence-electron chi connectivity index (χ4n) is 1.42. The predicted molar refractivity (Wildman–Crippen MR) is 64.2 cm³/mol. The van der Waals surface area contributed by atoms with E-state index in [4.69, 9.17) is 10.5 Å². The summed E-state index contributed by atoms with van der Waals surface area (Å²) in [6, 6.07) is 4.01. The van der Waals surface area contributed by atoms with Crippen LogP contribution in [-0.4, -0.2) is 26.2 Å². The lowest BCUT2D eigenvalue weighted by atomic mass is 10.1.